The molecule has 1 aromatic carbocycles. The molecule has 0 bridgehead atoms. The average molecular weight is 410 g/mol. The van der Waals surface area contributed by atoms with Gasteiger partial charge in [-0.1, -0.05) is 32.0 Å². The van der Waals surface area contributed by atoms with Crippen molar-refractivity contribution in [1.82, 2.24) is 9.88 Å². The minimum atomic E-state index is -0.400. The number of benzene rings is 1. The van der Waals surface area contributed by atoms with Gasteiger partial charge in [-0.15, -0.1) is 11.3 Å². The van der Waals surface area contributed by atoms with Crippen molar-refractivity contribution in [2.45, 2.75) is 20.3 Å². The van der Waals surface area contributed by atoms with Crippen LogP contribution in [-0.4, -0.2) is 34.8 Å². The molecule has 2 amide bonds. The van der Waals surface area contributed by atoms with Crippen LogP contribution in [0.5, 0.6) is 0 Å². The Morgan fingerprint density at radius 2 is 1.90 bits per heavy atom. The molecule has 1 N–H and O–H groups in total. The molecular formula is C22H23N3O3S. The van der Waals surface area contributed by atoms with Crippen molar-refractivity contribution in [2.24, 2.45) is 11.8 Å². The molecule has 0 spiro atoms. The van der Waals surface area contributed by atoms with Crippen LogP contribution in [0.2, 0.25) is 0 Å². The molecule has 0 radical (unpaired) electrons. The number of oxazole rings is 1. The molecule has 29 heavy (non-hydrogen) atoms. The lowest BCUT2D eigenvalue weighted by molar-refractivity contribution is 0.0624. The van der Waals surface area contributed by atoms with Gasteiger partial charge in [0, 0.05) is 13.1 Å². The molecule has 4 rings (SSSR count). The number of rotatable bonds is 4. The summed E-state index contributed by atoms with van der Waals surface area (Å²) in [6.07, 6.45) is 2.39. The minimum Gasteiger partial charge on any atom is -0.442 e. The fraction of sp³-hybridized carbons (Fsp3) is 0.318. The summed E-state index contributed by atoms with van der Waals surface area (Å²) in [5.74, 6) is 0.904. The monoisotopic (exact) mass is 409 g/mol. The second kappa shape index (κ2) is 8.21. The van der Waals surface area contributed by atoms with Gasteiger partial charge in [-0.2, -0.15) is 0 Å². The van der Waals surface area contributed by atoms with E-state index in [1.54, 1.807) is 18.2 Å². The molecular weight excluding hydrogens is 386 g/mol. The smallest absolute Gasteiger partial charge is 0.278 e. The Morgan fingerprint density at radius 3 is 2.62 bits per heavy atom. The van der Waals surface area contributed by atoms with Crippen molar-refractivity contribution in [3.05, 3.63) is 59.4 Å². The molecule has 6 nitrogen and oxygen atoms in total. The maximum absolute atomic E-state index is 13.2. The Kier molecular flexibility index (Phi) is 5.49. The third-order valence-electron chi connectivity index (χ3n) is 5.09. The predicted octanol–water partition coefficient (Wildman–Crippen LogP) is 4.77. The van der Waals surface area contributed by atoms with Crippen LogP contribution in [0, 0.1) is 11.8 Å². The molecule has 0 saturated carbocycles. The first-order valence-corrected chi connectivity index (χ1v) is 10.6. The van der Waals surface area contributed by atoms with E-state index in [0.29, 0.717) is 28.8 Å². The SMILES string of the molecule is C[C@H]1C[C@H](C)CN(C(=O)c2ccccc2NC(=O)c2ncoc2-c2cccs2)C1. The summed E-state index contributed by atoms with van der Waals surface area (Å²) in [5.41, 5.74) is 1.17. The third-order valence-corrected chi connectivity index (χ3v) is 5.96. The quantitative estimate of drug-likeness (QED) is 0.673. The van der Waals surface area contributed by atoms with Gasteiger partial charge in [0.2, 0.25) is 0 Å². The summed E-state index contributed by atoms with van der Waals surface area (Å²) < 4.78 is 5.43. The number of para-hydroxylation sites is 1. The van der Waals surface area contributed by atoms with Crippen LogP contribution in [0.15, 0.2) is 52.6 Å². The Labute approximate surface area is 173 Å². The van der Waals surface area contributed by atoms with Gasteiger partial charge in [0.1, 0.15) is 0 Å². The van der Waals surface area contributed by atoms with Gasteiger partial charge in [-0.25, -0.2) is 4.98 Å². The first-order chi connectivity index (χ1) is 14.0. The van der Waals surface area contributed by atoms with E-state index in [1.165, 1.54) is 17.7 Å². The van der Waals surface area contributed by atoms with Gasteiger partial charge < -0.3 is 14.6 Å². The number of anilines is 1. The van der Waals surface area contributed by atoms with Crippen molar-refractivity contribution in [3.8, 4) is 10.6 Å². The molecule has 1 saturated heterocycles. The highest BCUT2D eigenvalue weighted by molar-refractivity contribution is 7.13. The normalized spacial score (nSPS) is 19.2. The van der Waals surface area contributed by atoms with Crippen LogP contribution in [0.4, 0.5) is 5.69 Å². The molecule has 2 atom stereocenters. The second-order valence-corrected chi connectivity index (χ2v) is 8.61. The number of carbonyl (C=O) groups is 2. The molecule has 150 valence electrons. The van der Waals surface area contributed by atoms with E-state index >= 15 is 0 Å². The van der Waals surface area contributed by atoms with Gasteiger partial charge in [0.05, 0.1) is 16.1 Å². The first-order valence-electron chi connectivity index (χ1n) is 9.70. The number of nitrogens with zero attached hydrogens (tertiary/aromatic N) is 2. The zero-order valence-electron chi connectivity index (χ0n) is 16.4. The maximum atomic E-state index is 13.2. The number of carbonyl (C=O) groups excluding carboxylic acids is 2. The average Bonchev–Trinajstić information content (AvgIpc) is 3.38. The zero-order chi connectivity index (χ0) is 20.4. The van der Waals surface area contributed by atoms with Crippen molar-refractivity contribution in [3.63, 3.8) is 0 Å². The molecule has 1 fully saturated rings. The summed E-state index contributed by atoms with van der Waals surface area (Å²) in [5, 5.41) is 4.76. The Morgan fingerprint density at radius 1 is 1.14 bits per heavy atom. The standard InChI is InChI=1S/C22H23N3O3S/c1-14-10-15(2)12-25(11-14)22(27)16-6-3-4-7-17(16)24-21(26)19-20(28-13-23-19)18-8-5-9-29-18/h3-9,13-15H,10-12H2,1-2H3,(H,24,26)/t14-,15-/m0/s1. The summed E-state index contributed by atoms with van der Waals surface area (Å²) in [4.78, 5) is 32.9. The zero-order valence-corrected chi connectivity index (χ0v) is 17.2. The lowest BCUT2D eigenvalue weighted by Crippen LogP contribution is -2.42. The van der Waals surface area contributed by atoms with Gasteiger partial charge in [-0.3, -0.25) is 9.59 Å². The van der Waals surface area contributed by atoms with Crippen molar-refractivity contribution in [1.29, 1.82) is 0 Å². The summed E-state index contributed by atoms with van der Waals surface area (Å²) in [7, 11) is 0. The molecule has 1 aliphatic rings. The van der Waals surface area contributed by atoms with Gasteiger partial charge in [-0.05, 0) is 41.8 Å². The molecule has 3 aromatic rings. The number of nitrogens with one attached hydrogen (secondary N) is 1. The number of thiophene rings is 1. The van der Waals surface area contributed by atoms with Gasteiger partial charge in [0.25, 0.3) is 11.8 Å². The van der Waals surface area contributed by atoms with Crippen LogP contribution in [0.25, 0.3) is 10.6 Å². The number of hydrogen-bond donors (Lipinski definition) is 1. The lowest BCUT2D eigenvalue weighted by Gasteiger charge is -2.35. The number of amides is 2. The first kappa shape index (κ1) is 19.4. The fourth-order valence-electron chi connectivity index (χ4n) is 3.95. The summed E-state index contributed by atoms with van der Waals surface area (Å²) in [6, 6.07) is 10.9. The number of likely N-dealkylation sites (tertiary alicyclic amines) is 1. The van der Waals surface area contributed by atoms with E-state index < -0.39 is 5.91 Å². The number of aromatic nitrogens is 1. The van der Waals surface area contributed by atoms with Gasteiger partial charge in [0.15, 0.2) is 17.8 Å². The van der Waals surface area contributed by atoms with Crippen molar-refractivity contribution in [2.75, 3.05) is 18.4 Å². The summed E-state index contributed by atoms with van der Waals surface area (Å²) >= 11 is 1.47. The predicted molar refractivity (Wildman–Crippen MR) is 113 cm³/mol. The van der Waals surface area contributed by atoms with E-state index in [2.05, 4.69) is 24.1 Å². The van der Waals surface area contributed by atoms with Crippen LogP contribution in [0.3, 0.4) is 0 Å². The second-order valence-electron chi connectivity index (χ2n) is 7.66. The van der Waals surface area contributed by atoms with Crippen LogP contribution >= 0.6 is 11.3 Å². The van der Waals surface area contributed by atoms with Crippen LogP contribution in [0.1, 0.15) is 41.1 Å². The number of piperidine rings is 1. The Hall–Kier alpha value is -2.93. The lowest BCUT2D eigenvalue weighted by atomic mass is 9.91. The molecule has 7 heteroatoms. The fourth-order valence-corrected chi connectivity index (χ4v) is 4.66. The molecule has 1 aliphatic heterocycles. The van der Waals surface area contributed by atoms with Crippen molar-refractivity contribution >= 4 is 28.8 Å². The largest absolute Gasteiger partial charge is 0.442 e. The van der Waals surface area contributed by atoms with Crippen LogP contribution < -0.4 is 5.32 Å². The molecule has 0 unspecified atom stereocenters. The topological polar surface area (TPSA) is 75.4 Å². The molecule has 0 aliphatic carbocycles. The highest BCUT2D eigenvalue weighted by Crippen LogP contribution is 2.29. The van der Waals surface area contributed by atoms with E-state index in [-0.39, 0.29) is 11.6 Å². The maximum Gasteiger partial charge on any atom is 0.278 e. The van der Waals surface area contributed by atoms with E-state index in [9.17, 15) is 9.59 Å². The Bertz CT molecular complexity index is 1000. The van der Waals surface area contributed by atoms with Crippen molar-refractivity contribution < 1.29 is 14.0 Å². The third kappa shape index (κ3) is 4.10. The number of hydrogen-bond acceptors (Lipinski definition) is 5. The van der Waals surface area contributed by atoms with E-state index in [1.807, 2.05) is 28.5 Å². The van der Waals surface area contributed by atoms with Gasteiger partial charge >= 0.3 is 0 Å². The minimum absolute atomic E-state index is 0.0575. The highest BCUT2D eigenvalue weighted by Gasteiger charge is 2.28. The van der Waals surface area contributed by atoms with E-state index in [4.69, 9.17) is 4.42 Å². The highest BCUT2D eigenvalue weighted by atomic mass is 32.1. The molecule has 2 aromatic heterocycles. The van der Waals surface area contributed by atoms with E-state index in [0.717, 1.165) is 24.4 Å². The Balaban J connectivity index is 1.57. The van der Waals surface area contributed by atoms with Crippen LogP contribution in [-0.2, 0) is 0 Å². The summed E-state index contributed by atoms with van der Waals surface area (Å²) in [6.45, 7) is 5.80. The molecule has 3 heterocycles.